The van der Waals surface area contributed by atoms with E-state index in [1.54, 1.807) is 0 Å². The zero-order valence-corrected chi connectivity index (χ0v) is 14.1. The molecule has 0 bridgehead atoms. The van der Waals surface area contributed by atoms with Crippen LogP contribution in [0.2, 0.25) is 0 Å². The van der Waals surface area contributed by atoms with E-state index in [0.29, 0.717) is 30.7 Å². The van der Waals surface area contributed by atoms with Gasteiger partial charge in [0.05, 0.1) is 24.2 Å². The maximum absolute atomic E-state index is 9.74. The Morgan fingerprint density at radius 1 is 1.28 bits per heavy atom. The molecule has 1 aliphatic heterocycles. The lowest BCUT2D eigenvalue weighted by Crippen LogP contribution is -2.43. The minimum atomic E-state index is -0.172. The van der Waals surface area contributed by atoms with E-state index in [1.807, 2.05) is 41.0 Å². The van der Waals surface area contributed by atoms with Crippen molar-refractivity contribution in [1.82, 2.24) is 14.5 Å². The van der Waals surface area contributed by atoms with Crippen molar-refractivity contribution in [1.29, 1.82) is 0 Å². The minimum Gasteiger partial charge on any atom is -0.388 e. The maximum atomic E-state index is 9.74. The van der Waals surface area contributed by atoms with Gasteiger partial charge in [-0.2, -0.15) is 0 Å². The lowest BCUT2D eigenvalue weighted by molar-refractivity contribution is 0.0989. The summed E-state index contributed by atoms with van der Waals surface area (Å²) in [7, 11) is 0. The number of nitrogens with two attached hydrogens (primary N) is 1. The lowest BCUT2D eigenvalue weighted by Gasteiger charge is -2.35. The number of pyridine rings is 1. The Bertz CT molecular complexity index is 908. The van der Waals surface area contributed by atoms with Crippen LogP contribution < -0.4 is 10.6 Å². The van der Waals surface area contributed by atoms with Crippen molar-refractivity contribution >= 4 is 22.5 Å². The molecular formula is C18H21N5O2. The largest absolute Gasteiger partial charge is 0.388 e. The molecule has 3 heterocycles. The number of nitrogen functional groups attached to an aromatic ring is 1. The van der Waals surface area contributed by atoms with Crippen molar-refractivity contribution in [2.45, 2.75) is 19.6 Å². The Kier molecular flexibility index (Phi) is 4.03. The molecule has 0 spiro atoms. The summed E-state index contributed by atoms with van der Waals surface area (Å²) in [5.41, 5.74) is 8.80. The fourth-order valence-electron chi connectivity index (χ4n) is 3.35. The summed E-state index contributed by atoms with van der Waals surface area (Å²) in [5, 5.41) is 9.74. The summed E-state index contributed by atoms with van der Waals surface area (Å²) >= 11 is 0. The van der Waals surface area contributed by atoms with Crippen molar-refractivity contribution in [2.75, 3.05) is 30.4 Å². The molecule has 2 aromatic heterocycles. The van der Waals surface area contributed by atoms with Crippen LogP contribution in [0, 0.1) is 0 Å². The zero-order chi connectivity index (χ0) is 17.4. The highest BCUT2D eigenvalue weighted by atomic mass is 16.5. The van der Waals surface area contributed by atoms with Gasteiger partial charge in [-0.15, -0.1) is 0 Å². The van der Waals surface area contributed by atoms with Gasteiger partial charge in [-0.05, 0) is 19.1 Å². The normalized spacial score (nSPS) is 18.0. The molecule has 0 amide bonds. The molecule has 130 valence electrons. The highest BCUT2D eigenvalue weighted by Gasteiger charge is 2.21. The number of benzene rings is 1. The molecule has 4 rings (SSSR count). The van der Waals surface area contributed by atoms with Gasteiger partial charge in [0, 0.05) is 30.4 Å². The molecule has 0 aliphatic carbocycles. The van der Waals surface area contributed by atoms with E-state index >= 15 is 0 Å². The Balaban J connectivity index is 1.86. The van der Waals surface area contributed by atoms with E-state index in [9.17, 15) is 5.11 Å². The highest BCUT2D eigenvalue weighted by Crippen LogP contribution is 2.27. The van der Waals surface area contributed by atoms with E-state index < -0.39 is 0 Å². The number of imidazole rings is 1. The molecule has 0 saturated carbocycles. The second kappa shape index (κ2) is 6.34. The van der Waals surface area contributed by atoms with E-state index in [4.69, 9.17) is 10.5 Å². The van der Waals surface area contributed by atoms with Gasteiger partial charge in [-0.25, -0.2) is 9.97 Å². The lowest BCUT2D eigenvalue weighted by atomic mass is 10.2. The van der Waals surface area contributed by atoms with Gasteiger partial charge >= 0.3 is 0 Å². The van der Waals surface area contributed by atoms with E-state index in [0.717, 1.165) is 23.3 Å². The first-order chi connectivity index (χ1) is 12.2. The number of para-hydroxylation sites is 2. The molecule has 3 N–H and O–H groups in total. The van der Waals surface area contributed by atoms with Crippen LogP contribution in [0.25, 0.3) is 16.9 Å². The van der Waals surface area contributed by atoms with Crippen LogP contribution in [0.5, 0.6) is 0 Å². The summed E-state index contributed by atoms with van der Waals surface area (Å²) in [4.78, 5) is 11.2. The quantitative estimate of drug-likeness (QED) is 0.755. The van der Waals surface area contributed by atoms with Gasteiger partial charge in [0.15, 0.2) is 0 Å². The predicted octanol–water partition coefficient (Wildman–Crippen LogP) is 1.72. The Morgan fingerprint density at radius 3 is 2.92 bits per heavy atom. The van der Waals surface area contributed by atoms with Crippen LogP contribution in [0.1, 0.15) is 12.7 Å². The Hall–Kier alpha value is -2.64. The first-order valence-corrected chi connectivity index (χ1v) is 8.37. The van der Waals surface area contributed by atoms with Crippen LogP contribution in [-0.2, 0) is 11.3 Å². The molecule has 1 saturated heterocycles. The second-order valence-electron chi connectivity index (χ2n) is 6.24. The first-order valence-electron chi connectivity index (χ1n) is 8.37. The van der Waals surface area contributed by atoms with Gasteiger partial charge in [0.2, 0.25) is 0 Å². The number of ether oxygens (including phenoxy) is 1. The van der Waals surface area contributed by atoms with Crippen molar-refractivity contribution < 1.29 is 9.84 Å². The van der Waals surface area contributed by atoms with Crippen LogP contribution in [0.3, 0.4) is 0 Å². The van der Waals surface area contributed by atoms with Crippen molar-refractivity contribution in [2.24, 2.45) is 0 Å². The van der Waals surface area contributed by atoms with Crippen molar-refractivity contribution in [3.8, 4) is 5.82 Å². The molecule has 1 aromatic carbocycles. The molecule has 1 aliphatic rings. The van der Waals surface area contributed by atoms with Crippen LogP contribution >= 0.6 is 0 Å². The van der Waals surface area contributed by atoms with Gasteiger partial charge in [0.1, 0.15) is 24.1 Å². The molecule has 1 fully saturated rings. The first kappa shape index (κ1) is 15.9. The van der Waals surface area contributed by atoms with Gasteiger partial charge < -0.3 is 20.5 Å². The SMILES string of the molecule is CC1COCCN1c1cc(N)nc(-n2c(CO)nc3ccccc32)c1. The average molecular weight is 339 g/mol. The smallest absolute Gasteiger partial charge is 0.143 e. The molecular weight excluding hydrogens is 318 g/mol. The standard InChI is InChI=1S/C18H21N5O2/c1-12-11-25-7-6-22(12)13-8-16(19)21-17(9-13)23-15-5-3-2-4-14(15)20-18(23)10-24/h2-5,8-9,12,24H,6-7,10-11H2,1H3,(H2,19,21). The second-order valence-corrected chi connectivity index (χ2v) is 6.24. The number of hydrogen-bond donors (Lipinski definition) is 2. The summed E-state index contributed by atoms with van der Waals surface area (Å²) in [6.45, 7) is 4.14. The molecule has 3 aromatic rings. The predicted molar refractivity (Wildman–Crippen MR) is 96.8 cm³/mol. The Morgan fingerprint density at radius 2 is 2.12 bits per heavy atom. The maximum Gasteiger partial charge on any atom is 0.143 e. The van der Waals surface area contributed by atoms with Crippen molar-refractivity contribution in [3.63, 3.8) is 0 Å². The number of morpholine rings is 1. The van der Waals surface area contributed by atoms with E-state index in [-0.39, 0.29) is 12.6 Å². The summed E-state index contributed by atoms with van der Waals surface area (Å²) in [5.74, 6) is 1.64. The van der Waals surface area contributed by atoms with Crippen LogP contribution in [-0.4, -0.2) is 45.4 Å². The average Bonchev–Trinajstić information content (AvgIpc) is 3.00. The topological polar surface area (TPSA) is 89.4 Å². The summed E-state index contributed by atoms with van der Waals surface area (Å²) in [6, 6.07) is 11.9. The third-order valence-electron chi connectivity index (χ3n) is 4.52. The number of fused-ring (bicyclic) bond motifs is 1. The zero-order valence-electron chi connectivity index (χ0n) is 14.1. The third-order valence-corrected chi connectivity index (χ3v) is 4.52. The van der Waals surface area contributed by atoms with E-state index in [2.05, 4.69) is 21.8 Å². The number of aliphatic hydroxyl groups is 1. The fourth-order valence-corrected chi connectivity index (χ4v) is 3.35. The van der Waals surface area contributed by atoms with Gasteiger partial charge in [-0.1, -0.05) is 12.1 Å². The number of rotatable bonds is 3. The number of aliphatic hydroxyl groups excluding tert-OH is 1. The monoisotopic (exact) mass is 339 g/mol. The van der Waals surface area contributed by atoms with Gasteiger partial charge in [-0.3, -0.25) is 4.57 Å². The van der Waals surface area contributed by atoms with Gasteiger partial charge in [0.25, 0.3) is 0 Å². The van der Waals surface area contributed by atoms with E-state index in [1.165, 1.54) is 0 Å². The molecule has 7 heteroatoms. The highest BCUT2D eigenvalue weighted by molar-refractivity contribution is 5.78. The van der Waals surface area contributed by atoms with Crippen LogP contribution in [0.4, 0.5) is 11.5 Å². The number of nitrogens with zero attached hydrogens (tertiary/aromatic N) is 4. The third kappa shape index (κ3) is 2.81. The number of hydrogen-bond acceptors (Lipinski definition) is 6. The summed E-state index contributed by atoms with van der Waals surface area (Å²) < 4.78 is 7.38. The Labute approximate surface area is 145 Å². The fraction of sp³-hybridized carbons (Fsp3) is 0.333. The van der Waals surface area contributed by atoms with Crippen LogP contribution in [0.15, 0.2) is 36.4 Å². The summed E-state index contributed by atoms with van der Waals surface area (Å²) in [6.07, 6.45) is 0. The van der Waals surface area contributed by atoms with Crippen molar-refractivity contribution in [3.05, 3.63) is 42.2 Å². The number of aromatic nitrogens is 3. The molecule has 7 nitrogen and oxygen atoms in total. The molecule has 1 unspecified atom stereocenters. The molecule has 0 radical (unpaired) electrons. The molecule has 1 atom stereocenters. The molecule has 25 heavy (non-hydrogen) atoms. The number of anilines is 2. The minimum absolute atomic E-state index is 0.172.